The van der Waals surface area contributed by atoms with Crippen LogP contribution in [0.25, 0.3) is 17.0 Å². The van der Waals surface area contributed by atoms with Gasteiger partial charge in [0.2, 0.25) is 5.91 Å². The van der Waals surface area contributed by atoms with Crippen LogP contribution >= 0.6 is 11.8 Å². The summed E-state index contributed by atoms with van der Waals surface area (Å²) in [5.41, 5.74) is 1.70. The first-order valence-electron chi connectivity index (χ1n) is 11.1. The van der Waals surface area contributed by atoms with E-state index in [9.17, 15) is 27.6 Å². The van der Waals surface area contributed by atoms with Crippen molar-refractivity contribution in [2.75, 3.05) is 11.9 Å². The molecule has 6 nitrogen and oxygen atoms in total. The zero-order chi connectivity index (χ0) is 26.1. The van der Waals surface area contributed by atoms with Gasteiger partial charge in [-0.05, 0) is 42.1 Å². The monoisotopic (exact) mass is 521 g/mol. The van der Waals surface area contributed by atoms with Crippen molar-refractivity contribution in [2.24, 2.45) is 0 Å². The van der Waals surface area contributed by atoms with E-state index in [1.807, 2.05) is 28.8 Å². The molecule has 186 valence electrons. The molecule has 0 atom stereocenters. The smallest absolute Gasteiger partial charge is 0.294 e. The van der Waals surface area contributed by atoms with Crippen molar-refractivity contribution in [2.45, 2.75) is 6.54 Å². The molecule has 1 fully saturated rings. The van der Waals surface area contributed by atoms with Gasteiger partial charge in [0.05, 0.1) is 17.1 Å². The molecule has 1 aliphatic rings. The van der Waals surface area contributed by atoms with Gasteiger partial charge in [-0.3, -0.25) is 19.3 Å². The van der Waals surface area contributed by atoms with E-state index in [2.05, 4.69) is 5.32 Å². The van der Waals surface area contributed by atoms with Gasteiger partial charge in [0.1, 0.15) is 24.0 Å². The highest BCUT2D eigenvalue weighted by atomic mass is 32.2. The maximum absolute atomic E-state index is 14.2. The van der Waals surface area contributed by atoms with Gasteiger partial charge in [0, 0.05) is 34.3 Å². The molecule has 10 heteroatoms. The van der Waals surface area contributed by atoms with E-state index in [0.29, 0.717) is 29.0 Å². The maximum atomic E-state index is 14.2. The lowest BCUT2D eigenvalue weighted by atomic mass is 10.1. The fourth-order valence-electron chi connectivity index (χ4n) is 4.03. The fraction of sp³-hybridized carbons (Fsp3) is 0.0741. The molecule has 1 N–H and O–H groups in total. The summed E-state index contributed by atoms with van der Waals surface area (Å²) in [7, 11) is 0. The highest BCUT2D eigenvalue weighted by Crippen LogP contribution is 2.34. The zero-order valence-corrected chi connectivity index (χ0v) is 19.9. The van der Waals surface area contributed by atoms with Crippen molar-refractivity contribution >= 4 is 51.5 Å². The van der Waals surface area contributed by atoms with Gasteiger partial charge in [-0.25, -0.2) is 13.2 Å². The second kappa shape index (κ2) is 9.98. The molecule has 1 aliphatic heterocycles. The summed E-state index contributed by atoms with van der Waals surface area (Å²) in [5, 5.41) is 2.39. The Morgan fingerprint density at radius 1 is 0.946 bits per heavy atom. The second-order valence-corrected chi connectivity index (χ2v) is 9.25. The Bertz CT molecular complexity index is 1600. The summed E-state index contributed by atoms with van der Waals surface area (Å²) < 4.78 is 43.0. The van der Waals surface area contributed by atoms with Gasteiger partial charge in [-0.2, -0.15) is 0 Å². The number of anilines is 1. The van der Waals surface area contributed by atoms with Crippen LogP contribution in [0, 0.1) is 17.5 Å². The number of amides is 3. The van der Waals surface area contributed by atoms with Crippen LogP contribution in [-0.2, 0) is 16.1 Å². The maximum Gasteiger partial charge on any atom is 0.294 e. The molecule has 3 aromatic carbocycles. The van der Waals surface area contributed by atoms with Gasteiger partial charge < -0.3 is 9.88 Å². The lowest BCUT2D eigenvalue weighted by molar-refractivity contribution is -0.127. The normalized spacial score (nSPS) is 14.7. The molecule has 37 heavy (non-hydrogen) atoms. The number of imide groups is 1. The van der Waals surface area contributed by atoms with E-state index >= 15 is 0 Å². The number of aromatic nitrogens is 1. The molecule has 0 radical (unpaired) electrons. The van der Waals surface area contributed by atoms with Crippen molar-refractivity contribution in [1.29, 1.82) is 0 Å². The summed E-state index contributed by atoms with van der Waals surface area (Å²) >= 11 is 0.680. The van der Waals surface area contributed by atoms with E-state index in [0.717, 1.165) is 27.9 Å². The molecular weight excluding hydrogens is 503 g/mol. The van der Waals surface area contributed by atoms with Crippen molar-refractivity contribution in [3.63, 3.8) is 0 Å². The Balaban J connectivity index is 1.38. The number of halogens is 3. The minimum absolute atomic E-state index is 0.111. The van der Waals surface area contributed by atoms with E-state index in [1.165, 1.54) is 6.07 Å². The fourth-order valence-corrected chi connectivity index (χ4v) is 4.86. The van der Waals surface area contributed by atoms with Crippen LogP contribution in [0.2, 0.25) is 0 Å². The second-order valence-electron chi connectivity index (χ2n) is 8.26. The number of carbonyl (C=O) groups is 3. The molecule has 1 aromatic heterocycles. The first-order chi connectivity index (χ1) is 17.8. The van der Waals surface area contributed by atoms with Gasteiger partial charge in [0.15, 0.2) is 0 Å². The van der Waals surface area contributed by atoms with Crippen LogP contribution in [0.1, 0.15) is 11.1 Å². The van der Waals surface area contributed by atoms with Crippen LogP contribution in [-0.4, -0.2) is 33.1 Å². The summed E-state index contributed by atoms with van der Waals surface area (Å²) in [5.74, 6) is -3.59. The first kappa shape index (κ1) is 24.4. The summed E-state index contributed by atoms with van der Waals surface area (Å²) in [6, 6.07) is 16.5. The number of nitrogens with one attached hydrogen (secondary N) is 1. The third kappa shape index (κ3) is 5.01. The number of fused-ring (bicyclic) bond motifs is 1. The van der Waals surface area contributed by atoms with Gasteiger partial charge in [-0.1, -0.05) is 36.4 Å². The minimum atomic E-state index is -0.978. The number of rotatable bonds is 6. The number of thioether (sulfide) groups is 1. The van der Waals surface area contributed by atoms with Crippen LogP contribution in [0.15, 0.2) is 77.8 Å². The van der Waals surface area contributed by atoms with Crippen LogP contribution < -0.4 is 5.32 Å². The Labute approximate surface area is 213 Å². The van der Waals surface area contributed by atoms with E-state index in [1.54, 1.807) is 30.5 Å². The predicted molar refractivity (Wildman–Crippen MR) is 135 cm³/mol. The highest BCUT2D eigenvalue weighted by Gasteiger charge is 2.36. The number of carbonyl (C=O) groups excluding carboxylic acids is 3. The minimum Gasteiger partial charge on any atom is -0.342 e. The van der Waals surface area contributed by atoms with Crippen LogP contribution in [0.5, 0.6) is 0 Å². The zero-order valence-electron chi connectivity index (χ0n) is 19.1. The predicted octanol–water partition coefficient (Wildman–Crippen LogP) is 5.78. The Kier molecular flexibility index (Phi) is 6.58. The lowest BCUT2D eigenvalue weighted by Crippen LogP contribution is -2.36. The molecule has 3 amide bonds. The van der Waals surface area contributed by atoms with Gasteiger partial charge >= 0.3 is 0 Å². The molecule has 0 spiro atoms. The van der Waals surface area contributed by atoms with Crippen molar-refractivity contribution in [3.8, 4) is 0 Å². The van der Waals surface area contributed by atoms with E-state index in [-0.39, 0.29) is 23.0 Å². The van der Waals surface area contributed by atoms with Crippen molar-refractivity contribution in [3.05, 3.63) is 106 Å². The third-order valence-electron chi connectivity index (χ3n) is 5.79. The lowest BCUT2D eigenvalue weighted by Gasteiger charge is -2.12. The Morgan fingerprint density at radius 2 is 1.70 bits per heavy atom. The summed E-state index contributed by atoms with van der Waals surface area (Å²) in [6.07, 6.45) is 3.33. The first-order valence-corrected chi connectivity index (χ1v) is 11.9. The largest absolute Gasteiger partial charge is 0.342 e. The topological polar surface area (TPSA) is 71.4 Å². The SMILES string of the molecule is O=C(CN1C(=O)S/C(=C\c2cn(Cc3ccccc3F)c3ccccc23)C1=O)Nc1ccc(F)cc1F. The van der Waals surface area contributed by atoms with Crippen LogP contribution in [0.4, 0.5) is 23.7 Å². The molecule has 1 saturated heterocycles. The number of nitrogens with zero attached hydrogens (tertiary/aromatic N) is 2. The molecule has 4 aromatic rings. The molecule has 0 bridgehead atoms. The quantitative estimate of drug-likeness (QED) is 0.327. The highest BCUT2D eigenvalue weighted by molar-refractivity contribution is 8.18. The molecular formula is C27H18F3N3O3S. The molecule has 0 unspecified atom stereocenters. The van der Waals surface area contributed by atoms with Crippen molar-refractivity contribution < 1.29 is 27.6 Å². The molecule has 5 rings (SSSR count). The number of para-hydroxylation sites is 1. The standard InChI is InChI=1S/C27H18F3N3O3S/c28-18-9-10-22(21(30)12-18)31-25(34)15-33-26(35)24(37-27(33)36)11-17-14-32(23-8-4-2-6-19(17)23)13-16-5-1-3-7-20(16)29/h1-12,14H,13,15H2,(H,31,34)/b24-11-. The van der Waals surface area contributed by atoms with Crippen LogP contribution in [0.3, 0.4) is 0 Å². The Morgan fingerprint density at radius 3 is 2.49 bits per heavy atom. The van der Waals surface area contributed by atoms with E-state index in [4.69, 9.17) is 0 Å². The number of benzene rings is 3. The average Bonchev–Trinajstić information content (AvgIpc) is 3.34. The summed E-state index contributed by atoms with van der Waals surface area (Å²) in [6.45, 7) is -0.365. The summed E-state index contributed by atoms with van der Waals surface area (Å²) in [4.78, 5) is 38.7. The third-order valence-corrected chi connectivity index (χ3v) is 6.69. The molecule has 0 saturated carbocycles. The average molecular weight is 522 g/mol. The number of hydrogen-bond donors (Lipinski definition) is 1. The van der Waals surface area contributed by atoms with Gasteiger partial charge in [-0.15, -0.1) is 0 Å². The number of hydrogen-bond acceptors (Lipinski definition) is 4. The Hall–Kier alpha value is -4.31. The van der Waals surface area contributed by atoms with Crippen molar-refractivity contribution in [1.82, 2.24) is 9.47 Å². The molecule has 0 aliphatic carbocycles. The van der Waals surface area contributed by atoms with E-state index < -0.39 is 35.2 Å². The molecule has 2 heterocycles. The van der Waals surface area contributed by atoms with Gasteiger partial charge in [0.25, 0.3) is 11.1 Å².